The first kappa shape index (κ1) is 16.5. The van der Waals surface area contributed by atoms with Gasteiger partial charge in [0, 0.05) is 10.8 Å². The van der Waals surface area contributed by atoms with Crippen LogP contribution in [0, 0.1) is 11.8 Å². The molecule has 4 atom stereocenters. The normalized spacial score (nSPS) is 27.1. The van der Waals surface area contributed by atoms with Crippen molar-refractivity contribution in [1.82, 2.24) is 0 Å². The SMILES string of the molecule is CCOC(=O)C1CCCC(C(C)(O)C(C)N=[N+]=[N-])C1=O. The van der Waals surface area contributed by atoms with Gasteiger partial charge >= 0.3 is 5.97 Å². The molecule has 0 amide bonds. The van der Waals surface area contributed by atoms with Crippen molar-refractivity contribution in [3.63, 3.8) is 0 Å². The van der Waals surface area contributed by atoms with E-state index in [0.717, 1.165) is 0 Å². The molecule has 7 heteroatoms. The van der Waals surface area contributed by atoms with Crippen molar-refractivity contribution in [2.75, 3.05) is 6.61 Å². The monoisotopic (exact) mass is 283 g/mol. The van der Waals surface area contributed by atoms with E-state index in [9.17, 15) is 14.7 Å². The molecule has 1 saturated carbocycles. The third-order valence-electron chi connectivity index (χ3n) is 4.02. The minimum absolute atomic E-state index is 0.221. The molecule has 1 N–H and O–H groups in total. The lowest BCUT2D eigenvalue weighted by Crippen LogP contribution is -2.51. The van der Waals surface area contributed by atoms with Crippen molar-refractivity contribution in [2.24, 2.45) is 17.0 Å². The summed E-state index contributed by atoms with van der Waals surface area (Å²) in [5, 5.41) is 14.0. The molecule has 0 radical (unpaired) electrons. The third kappa shape index (κ3) is 3.29. The van der Waals surface area contributed by atoms with Gasteiger partial charge in [0.25, 0.3) is 0 Å². The number of hydrogen-bond donors (Lipinski definition) is 1. The number of ketones is 1. The predicted molar refractivity (Wildman–Crippen MR) is 71.7 cm³/mol. The van der Waals surface area contributed by atoms with Gasteiger partial charge in [-0.1, -0.05) is 18.5 Å². The van der Waals surface area contributed by atoms with Gasteiger partial charge < -0.3 is 9.84 Å². The molecular weight excluding hydrogens is 262 g/mol. The summed E-state index contributed by atoms with van der Waals surface area (Å²) in [5.41, 5.74) is 7.00. The molecular formula is C13H21N3O4. The molecule has 0 aliphatic heterocycles. The highest BCUT2D eigenvalue weighted by atomic mass is 16.5. The molecule has 0 aromatic carbocycles. The van der Waals surface area contributed by atoms with Crippen LogP contribution in [0.5, 0.6) is 0 Å². The second-order valence-corrected chi connectivity index (χ2v) is 5.30. The van der Waals surface area contributed by atoms with Crippen LogP contribution in [0.15, 0.2) is 5.11 Å². The van der Waals surface area contributed by atoms with Crippen LogP contribution in [0.3, 0.4) is 0 Å². The predicted octanol–water partition coefficient (Wildman–Crippen LogP) is 1.98. The van der Waals surface area contributed by atoms with Crippen LogP contribution in [0.1, 0.15) is 40.0 Å². The average molecular weight is 283 g/mol. The molecule has 4 unspecified atom stereocenters. The highest BCUT2D eigenvalue weighted by Crippen LogP contribution is 2.36. The molecule has 1 fully saturated rings. The van der Waals surface area contributed by atoms with E-state index in [1.807, 2.05) is 0 Å². The van der Waals surface area contributed by atoms with E-state index in [2.05, 4.69) is 10.0 Å². The highest BCUT2D eigenvalue weighted by molar-refractivity contribution is 6.01. The van der Waals surface area contributed by atoms with Crippen LogP contribution in [0.2, 0.25) is 0 Å². The van der Waals surface area contributed by atoms with Crippen LogP contribution >= 0.6 is 0 Å². The van der Waals surface area contributed by atoms with E-state index >= 15 is 0 Å². The van der Waals surface area contributed by atoms with Crippen molar-refractivity contribution in [3.8, 4) is 0 Å². The molecule has 1 aliphatic rings. The fraction of sp³-hybridized carbons (Fsp3) is 0.846. The van der Waals surface area contributed by atoms with E-state index in [4.69, 9.17) is 10.3 Å². The summed E-state index contributed by atoms with van der Waals surface area (Å²) in [4.78, 5) is 26.8. The van der Waals surface area contributed by atoms with Crippen molar-refractivity contribution in [1.29, 1.82) is 0 Å². The summed E-state index contributed by atoms with van der Waals surface area (Å²) in [6.07, 6.45) is 1.58. The molecule has 0 spiro atoms. The number of ether oxygens (including phenoxy) is 1. The average Bonchev–Trinajstić information content (AvgIpc) is 2.39. The Morgan fingerprint density at radius 3 is 2.85 bits per heavy atom. The number of nitrogens with zero attached hydrogens (tertiary/aromatic N) is 3. The first-order valence-corrected chi connectivity index (χ1v) is 6.83. The number of Topliss-reactive ketones (excluding diaryl/α,β-unsaturated/α-hetero) is 1. The van der Waals surface area contributed by atoms with Crippen LogP contribution in [0.4, 0.5) is 0 Å². The van der Waals surface area contributed by atoms with Crippen LogP contribution in [-0.2, 0) is 14.3 Å². The van der Waals surface area contributed by atoms with Crippen molar-refractivity contribution < 1.29 is 19.4 Å². The standard InChI is InChI=1S/C13H21N3O4/c1-4-20-12(18)9-6-5-7-10(11(9)17)13(3,19)8(2)15-16-14/h8-10,19H,4-7H2,1-3H3. The summed E-state index contributed by atoms with van der Waals surface area (Å²) in [7, 11) is 0. The van der Waals surface area contributed by atoms with E-state index < -0.39 is 29.4 Å². The molecule has 112 valence electrons. The minimum Gasteiger partial charge on any atom is -0.465 e. The lowest BCUT2D eigenvalue weighted by Gasteiger charge is -2.38. The Hall–Kier alpha value is -1.59. The van der Waals surface area contributed by atoms with E-state index in [1.54, 1.807) is 13.8 Å². The van der Waals surface area contributed by atoms with E-state index in [0.29, 0.717) is 19.3 Å². The fourth-order valence-electron chi connectivity index (χ4n) is 2.60. The largest absolute Gasteiger partial charge is 0.465 e. The van der Waals surface area contributed by atoms with Crippen molar-refractivity contribution in [2.45, 2.75) is 51.7 Å². The topological polar surface area (TPSA) is 112 Å². The Labute approximate surface area is 117 Å². The molecule has 20 heavy (non-hydrogen) atoms. The van der Waals surface area contributed by atoms with Crippen molar-refractivity contribution >= 4 is 11.8 Å². The molecule has 0 saturated heterocycles. The molecule has 0 aromatic rings. The second kappa shape index (κ2) is 6.72. The molecule has 1 rings (SSSR count). The fourth-order valence-corrected chi connectivity index (χ4v) is 2.60. The van der Waals surface area contributed by atoms with Gasteiger partial charge in [-0.15, -0.1) is 0 Å². The van der Waals surface area contributed by atoms with Gasteiger partial charge in [-0.3, -0.25) is 9.59 Å². The van der Waals surface area contributed by atoms with Crippen LogP contribution in [0.25, 0.3) is 10.4 Å². The van der Waals surface area contributed by atoms with Gasteiger partial charge in [0.15, 0.2) is 5.78 Å². The Bertz CT molecular complexity index is 429. The number of esters is 1. The summed E-state index contributed by atoms with van der Waals surface area (Å²) in [6, 6.07) is -0.748. The summed E-state index contributed by atoms with van der Waals surface area (Å²) >= 11 is 0. The van der Waals surface area contributed by atoms with Gasteiger partial charge in [0.1, 0.15) is 5.92 Å². The zero-order chi connectivity index (χ0) is 15.3. The van der Waals surface area contributed by atoms with E-state index in [1.165, 1.54) is 6.92 Å². The van der Waals surface area contributed by atoms with Crippen molar-refractivity contribution in [3.05, 3.63) is 10.4 Å². The number of azide groups is 1. The first-order valence-electron chi connectivity index (χ1n) is 6.83. The maximum atomic E-state index is 12.4. The lowest BCUT2D eigenvalue weighted by atomic mass is 9.70. The van der Waals surface area contributed by atoms with Gasteiger partial charge in [-0.05, 0) is 32.2 Å². The zero-order valence-corrected chi connectivity index (χ0v) is 12.1. The summed E-state index contributed by atoms with van der Waals surface area (Å²) in [6.45, 7) is 4.94. The first-order chi connectivity index (χ1) is 9.36. The quantitative estimate of drug-likeness (QED) is 0.273. The Morgan fingerprint density at radius 1 is 1.65 bits per heavy atom. The van der Waals surface area contributed by atoms with Gasteiger partial charge in [-0.2, -0.15) is 0 Å². The molecule has 7 nitrogen and oxygen atoms in total. The number of aliphatic hydroxyl groups is 1. The maximum absolute atomic E-state index is 12.4. The second-order valence-electron chi connectivity index (χ2n) is 5.30. The Balaban J connectivity index is 2.93. The van der Waals surface area contributed by atoms with Gasteiger partial charge in [0.05, 0.1) is 18.2 Å². The van der Waals surface area contributed by atoms with Gasteiger partial charge in [0.2, 0.25) is 0 Å². The number of rotatable bonds is 5. The molecule has 1 aliphatic carbocycles. The number of carbonyl (C=O) groups is 2. The van der Waals surface area contributed by atoms with Crippen LogP contribution in [-0.4, -0.2) is 35.1 Å². The maximum Gasteiger partial charge on any atom is 0.316 e. The Kier molecular flexibility index (Phi) is 5.53. The Morgan fingerprint density at radius 2 is 2.30 bits per heavy atom. The summed E-state index contributed by atoms with van der Waals surface area (Å²) < 4.78 is 4.90. The zero-order valence-electron chi connectivity index (χ0n) is 12.1. The highest BCUT2D eigenvalue weighted by Gasteiger charge is 2.47. The molecule has 0 bridgehead atoms. The lowest BCUT2D eigenvalue weighted by molar-refractivity contribution is -0.158. The summed E-state index contributed by atoms with van der Waals surface area (Å²) in [5.74, 6) is -2.39. The minimum atomic E-state index is -1.46. The number of carbonyl (C=O) groups excluding carboxylic acids is 2. The molecule has 0 aromatic heterocycles. The molecule has 0 heterocycles. The number of hydrogen-bond acceptors (Lipinski definition) is 5. The van der Waals surface area contributed by atoms with Gasteiger partial charge in [-0.25, -0.2) is 0 Å². The van der Waals surface area contributed by atoms with E-state index in [-0.39, 0.29) is 12.4 Å². The third-order valence-corrected chi connectivity index (χ3v) is 4.02. The van der Waals surface area contributed by atoms with Crippen LogP contribution < -0.4 is 0 Å². The smallest absolute Gasteiger partial charge is 0.316 e.